The topological polar surface area (TPSA) is 79.3 Å². The zero-order valence-electron chi connectivity index (χ0n) is 14.0. The van der Waals surface area contributed by atoms with E-state index in [4.69, 9.17) is 0 Å². The van der Waals surface area contributed by atoms with E-state index in [0.29, 0.717) is 22.3 Å². The summed E-state index contributed by atoms with van der Waals surface area (Å²) in [7, 11) is 0. The van der Waals surface area contributed by atoms with Crippen LogP contribution in [0.15, 0.2) is 48.5 Å². The smallest absolute Gasteiger partial charge is 0.336 e. The SMILES string of the molecule is CCc1ccc(-c2cc(C(=O)O)c3ccc(NC(C)=O)cc3n2)cc1. The van der Waals surface area contributed by atoms with E-state index in [0.717, 1.165) is 12.0 Å². The predicted molar refractivity (Wildman–Crippen MR) is 97.8 cm³/mol. The number of nitrogens with zero attached hydrogens (tertiary/aromatic N) is 1. The fourth-order valence-corrected chi connectivity index (χ4v) is 2.75. The van der Waals surface area contributed by atoms with Crippen molar-refractivity contribution in [2.24, 2.45) is 0 Å². The number of hydrogen-bond donors (Lipinski definition) is 2. The van der Waals surface area contributed by atoms with Crippen molar-refractivity contribution in [3.63, 3.8) is 0 Å². The van der Waals surface area contributed by atoms with Gasteiger partial charge in [0, 0.05) is 23.6 Å². The predicted octanol–water partition coefficient (Wildman–Crippen LogP) is 4.12. The molecule has 0 aliphatic heterocycles. The number of amides is 1. The molecule has 1 amide bonds. The van der Waals surface area contributed by atoms with Crippen molar-refractivity contribution in [1.29, 1.82) is 0 Å². The zero-order chi connectivity index (χ0) is 18.0. The highest BCUT2D eigenvalue weighted by molar-refractivity contribution is 6.05. The molecule has 0 saturated carbocycles. The van der Waals surface area contributed by atoms with Crippen LogP contribution in [0.3, 0.4) is 0 Å². The van der Waals surface area contributed by atoms with Gasteiger partial charge in [0.25, 0.3) is 0 Å². The molecule has 0 fully saturated rings. The Balaban J connectivity index is 2.17. The molecular formula is C20H18N2O3. The third-order valence-corrected chi connectivity index (χ3v) is 4.02. The molecule has 3 aromatic rings. The molecule has 0 atom stereocenters. The third-order valence-electron chi connectivity index (χ3n) is 4.02. The van der Waals surface area contributed by atoms with Crippen molar-refractivity contribution < 1.29 is 14.7 Å². The van der Waals surface area contributed by atoms with Crippen molar-refractivity contribution in [3.05, 3.63) is 59.7 Å². The van der Waals surface area contributed by atoms with Crippen molar-refractivity contribution in [1.82, 2.24) is 4.98 Å². The fourth-order valence-electron chi connectivity index (χ4n) is 2.75. The van der Waals surface area contributed by atoms with Crippen molar-refractivity contribution >= 4 is 28.5 Å². The van der Waals surface area contributed by atoms with Gasteiger partial charge in [-0.2, -0.15) is 0 Å². The van der Waals surface area contributed by atoms with Crippen LogP contribution < -0.4 is 5.32 Å². The summed E-state index contributed by atoms with van der Waals surface area (Å²) in [5, 5.41) is 12.8. The number of aryl methyl sites for hydroxylation is 1. The third kappa shape index (κ3) is 3.50. The van der Waals surface area contributed by atoms with Gasteiger partial charge in [-0.3, -0.25) is 4.79 Å². The highest BCUT2D eigenvalue weighted by Gasteiger charge is 2.13. The van der Waals surface area contributed by atoms with Gasteiger partial charge < -0.3 is 10.4 Å². The van der Waals surface area contributed by atoms with Crippen LogP contribution in [0.1, 0.15) is 29.8 Å². The Morgan fingerprint density at radius 3 is 2.40 bits per heavy atom. The molecule has 0 spiro atoms. The summed E-state index contributed by atoms with van der Waals surface area (Å²) in [6.07, 6.45) is 0.936. The number of carboxylic acids is 1. The molecule has 5 heteroatoms. The number of aromatic nitrogens is 1. The molecule has 2 N–H and O–H groups in total. The number of hydrogen-bond acceptors (Lipinski definition) is 3. The van der Waals surface area contributed by atoms with Gasteiger partial charge in [0.05, 0.1) is 16.8 Å². The molecule has 0 bridgehead atoms. The van der Waals surface area contributed by atoms with Gasteiger partial charge >= 0.3 is 5.97 Å². The second-order valence-corrected chi connectivity index (χ2v) is 5.82. The number of rotatable bonds is 4. The highest BCUT2D eigenvalue weighted by Crippen LogP contribution is 2.27. The van der Waals surface area contributed by atoms with Crippen LogP contribution in [0.25, 0.3) is 22.2 Å². The van der Waals surface area contributed by atoms with Crippen LogP contribution >= 0.6 is 0 Å². The van der Waals surface area contributed by atoms with E-state index in [2.05, 4.69) is 17.2 Å². The van der Waals surface area contributed by atoms with Crippen LogP contribution in [0.2, 0.25) is 0 Å². The van der Waals surface area contributed by atoms with Gasteiger partial charge in [0.2, 0.25) is 5.91 Å². The first-order valence-corrected chi connectivity index (χ1v) is 8.03. The molecule has 0 aliphatic carbocycles. The molecule has 0 radical (unpaired) electrons. The maximum atomic E-state index is 11.7. The number of carbonyl (C=O) groups excluding carboxylic acids is 1. The van der Waals surface area contributed by atoms with Crippen LogP contribution in [-0.4, -0.2) is 22.0 Å². The molecule has 1 heterocycles. The molecule has 126 valence electrons. The Morgan fingerprint density at radius 2 is 1.80 bits per heavy atom. The van der Waals surface area contributed by atoms with E-state index in [1.54, 1.807) is 24.3 Å². The van der Waals surface area contributed by atoms with Gasteiger partial charge in [0.15, 0.2) is 0 Å². The summed E-state index contributed by atoms with van der Waals surface area (Å²) in [5.74, 6) is -1.20. The summed E-state index contributed by atoms with van der Waals surface area (Å²) >= 11 is 0. The minimum atomic E-state index is -1.01. The lowest BCUT2D eigenvalue weighted by molar-refractivity contribution is -0.114. The van der Waals surface area contributed by atoms with Crippen LogP contribution in [0.4, 0.5) is 5.69 Å². The monoisotopic (exact) mass is 334 g/mol. The first kappa shape index (κ1) is 16.6. The number of aromatic carboxylic acids is 1. The number of fused-ring (bicyclic) bond motifs is 1. The molecule has 25 heavy (non-hydrogen) atoms. The van der Waals surface area contributed by atoms with Gasteiger partial charge in [-0.25, -0.2) is 9.78 Å². The standard InChI is InChI=1S/C20H18N2O3/c1-3-13-4-6-14(7-5-13)18-11-17(20(24)25)16-9-8-15(21-12(2)23)10-19(16)22-18/h4-11H,3H2,1-2H3,(H,21,23)(H,24,25). The lowest BCUT2D eigenvalue weighted by Crippen LogP contribution is -2.06. The van der Waals surface area contributed by atoms with E-state index in [-0.39, 0.29) is 11.5 Å². The normalized spacial score (nSPS) is 10.6. The number of carboxylic acid groups (broad SMARTS) is 1. The second kappa shape index (κ2) is 6.73. The first-order valence-electron chi connectivity index (χ1n) is 8.03. The summed E-state index contributed by atoms with van der Waals surface area (Å²) in [6, 6.07) is 14.5. The number of carbonyl (C=O) groups is 2. The quantitative estimate of drug-likeness (QED) is 0.752. The molecular weight excluding hydrogens is 316 g/mol. The van der Waals surface area contributed by atoms with Crippen molar-refractivity contribution in [2.45, 2.75) is 20.3 Å². The van der Waals surface area contributed by atoms with Crippen LogP contribution in [0, 0.1) is 0 Å². The number of benzene rings is 2. The minimum absolute atomic E-state index is 0.189. The summed E-state index contributed by atoms with van der Waals surface area (Å²) in [6.45, 7) is 3.50. The number of pyridine rings is 1. The Labute approximate surface area is 145 Å². The van der Waals surface area contributed by atoms with Crippen molar-refractivity contribution in [3.8, 4) is 11.3 Å². The average molecular weight is 334 g/mol. The average Bonchev–Trinajstić information content (AvgIpc) is 2.60. The molecule has 0 unspecified atom stereocenters. The summed E-state index contributed by atoms with van der Waals surface area (Å²) in [5.41, 5.74) is 3.95. The lowest BCUT2D eigenvalue weighted by Gasteiger charge is -2.09. The first-order chi connectivity index (χ1) is 12.0. The second-order valence-electron chi connectivity index (χ2n) is 5.82. The van der Waals surface area contributed by atoms with Gasteiger partial charge in [-0.15, -0.1) is 0 Å². The number of anilines is 1. The largest absolute Gasteiger partial charge is 0.478 e. The van der Waals surface area contributed by atoms with Crippen LogP contribution in [0.5, 0.6) is 0 Å². The van der Waals surface area contributed by atoms with E-state index < -0.39 is 5.97 Å². The maximum absolute atomic E-state index is 11.7. The molecule has 0 aliphatic rings. The van der Waals surface area contributed by atoms with E-state index >= 15 is 0 Å². The van der Waals surface area contributed by atoms with Crippen LogP contribution in [-0.2, 0) is 11.2 Å². The Kier molecular flexibility index (Phi) is 4.48. The minimum Gasteiger partial charge on any atom is -0.478 e. The summed E-state index contributed by atoms with van der Waals surface area (Å²) < 4.78 is 0. The van der Waals surface area contributed by atoms with Gasteiger partial charge in [0.1, 0.15) is 0 Å². The fraction of sp³-hybridized carbons (Fsp3) is 0.150. The van der Waals surface area contributed by atoms with E-state index in [9.17, 15) is 14.7 Å². The maximum Gasteiger partial charge on any atom is 0.336 e. The molecule has 1 aromatic heterocycles. The number of nitrogens with one attached hydrogen (secondary N) is 1. The Morgan fingerprint density at radius 1 is 1.08 bits per heavy atom. The van der Waals surface area contributed by atoms with E-state index in [1.807, 2.05) is 24.3 Å². The highest BCUT2D eigenvalue weighted by atomic mass is 16.4. The molecule has 2 aromatic carbocycles. The lowest BCUT2D eigenvalue weighted by atomic mass is 10.0. The Hall–Kier alpha value is -3.21. The molecule has 3 rings (SSSR count). The van der Waals surface area contributed by atoms with E-state index in [1.165, 1.54) is 12.5 Å². The summed E-state index contributed by atoms with van der Waals surface area (Å²) in [4.78, 5) is 27.5. The molecule has 0 saturated heterocycles. The van der Waals surface area contributed by atoms with Gasteiger partial charge in [-0.1, -0.05) is 31.2 Å². The van der Waals surface area contributed by atoms with Crippen molar-refractivity contribution in [2.75, 3.05) is 5.32 Å². The Bertz CT molecular complexity index is 963. The van der Waals surface area contributed by atoms with Gasteiger partial charge in [-0.05, 0) is 36.2 Å². The zero-order valence-corrected chi connectivity index (χ0v) is 14.0. The molecule has 5 nitrogen and oxygen atoms in total.